The Labute approximate surface area is 111 Å². The van der Waals surface area contributed by atoms with E-state index in [2.05, 4.69) is 37.2 Å². The van der Waals surface area contributed by atoms with Gasteiger partial charge in [0.2, 0.25) is 5.91 Å². The Morgan fingerprint density at radius 1 is 1.44 bits per heavy atom. The molecule has 4 nitrogen and oxygen atoms in total. The van der Waals surface area contributed by atoms with Gasteiger partial charge in [0, 0.05) is 10.5 Å². The average Bonchev–Trinajstić information content (AvgIpc) is 2.21. The molecule has 0 unspecified atom stereocenters. The van der Waals surface area contributed by atoms with E-state index in [0.29, 0.717) is 11.4 Å². The highest BCUT2D eigenvalue weighted by molar-refractivity contribution is 9.11. The molecule has 0 fully saturated rings. The number of anilines is 1. The summed E-state index contributed by atoms with van der Waals surface area (Å²) < 4.78 is 6.70. The lowest BCUT2D eigenvalue weighted by Gasteiger charge is -2.12. The first kappa shape index (κ1) is 13.5. The Morgan fingerprint density at radius 3 is 2.56 bits per heavy atom. The minimum absolute atomic E-state index is 0.245. The SMILES string of the molecule is COc1cc(NC(=O)[C@@H](C)N)c(Br)cc1Br. The molecule has 0 saturated heterocycles. The zero-order valence-electron chi connectivity index (χ0n) is 8.88. The van der Waals surface area contributed by atoms with Crippen LogP contribution in [0.15, 0.2) is 21.1 Å². The van der Waals surface area contributed by atoms with E-state index in [-0.39, 0.29) is 5.91 Å². The summed E-state index contributed by atoms with van der Waals surface area (Å²) in [5, 5.41) is 2.70. The quantitative estimate of drug-likeness (QED) is 0.879. The zero-order chi connectivity index (χ0) is 12.3. The number of carbonyl (C=O) groups is 1. The molecule has 88 valence electrons. The normalized spacial score (nSPS) is 12.1. The Balaban J connectivity index is 3.00. The fraction of sp³-hybridized carbons (Fsp3) is 0.300. The van der Waals surface area contributed by atoms with Gasteiger partial charge in [0.25, 0.3) is 0 Å². The Morgan fingerprint density at radius 2 is 2.06 bits per heavy atom. The molecule has 0 saturated carbocycles. The molecule has 0 aromatic heterocycles. The molecule has 0 radical (unpaired) electrons. The number of nitrogens with two attached hydrogens (primary N) is 1. The number of nitrogens with one attached hydrogen (secondary N) is 1. The maximum Gasteiger partial charge on any atom is 0.241 e. The van der Waals surface area contributed by atoms with E-state index in [0.717, 1.165) is 8.95 Å². The smallest absolute Gasteiger partial charge is 0.241 e. The van der Waals surface area contributed by atoms with Crippen molar-refractivity contribution in [1.82, 2.24) is 0 Å². The number of hydrogen-bond donors (Lipinski definition) is 2. The second-order valence-electron chi connectivity index (χ2n) is 3.24. The highest BCUT2D eigenvalue weighted by Crippen LogP contribution is 2.34. The predicted molar refractivity (Wildman–Crippen MR) is 70.7 cm³/mol. The van der Waals surface area contributed by atoms with Crippen LogP contribution in [0.25, 0.3) is 0 Å². The van der Waals surface area contributed by atoms with Crippen LogP contribution in [-0.4, -0.2) is 19.1 Å². The third-order valence-corrected chi connectivity index (χ3v) is 3.19. The van der Waals surface area contributed by atoms with Crippen molar-refractivity contribution in [2.24, 2.45) is 5.73 Å². The summed E-state index contributed by atoms with van der Waals surface area (Å²) >= 11 is 6.69. The topological polar surface area (TPSA) is 64.3 Å². The number of amides is 1. The van der Waals surface area contributed by atoms with E-state index >= 15 is 0 Å². The number of carbonyl (C=O) groups excluding carboxylic acids is 1. The Bertz CT molecular complexity index is 408. The molecule has 1 amide bonds. The van der Waals surface area contributed by atoms with Crippen LogP contribution in [0, 0.1) is 0 Å². The molecule has 1 atom stereocenters. The van der Waals surface area contributed by atoms with Gasteiger partial charge in [0.05, 0.1) is 23.3 Å². The van der Waals surface area contributed by atoms with Crippen LogP contribution >= 0.6 is 31.9 Å². The van der Waals surface area contributed by atoms with E-state index < -0.39 is 6.04 Å². The summed E-state index contributed by atoms with van der Waals surface area (Å²) in [6.07, 6.45) is 0. The van der Waals surface area contributed by atoms with Gasteiger partial charge >= 0.3 is 0 Å². The van der Waals surface area contributed by atoms with Crippen molar-refractivity contribution >= 4 is 43.5 Å². The van der Waals surface area contributed by atoms with E-state index in [1.807, 2.05) is 0 Å². The summed E-state index contributed by atoms with van der Waals surface area (Å²) in [6, 6.07) is 2.96. The summed E-state index contributed by atoms with van der Waals surface area (Å²) in [4.78, 5) is 11.4. The Hall–Kier alpha value is -0.590. The zero-order valence-corrected chi connectivity index (χ0v) is 12.1. The van der Waals surface area contributed by atoms with Crippen LogP contribution in [-0.2, 0) is 4.79 Å². The maximum atomic E-state index is 11.4. The van der Waals surface area contributed by atoms with Crippen LogP contribution < -0.4 is 15.8 Å². The summed E-state index contributed by atoms with van der Waals surface area (Å²) in [7, 11) is 1.56. The highest BCUT2D eigenvalue weighted by Gasteiger charge is 2.12. The van der Waals surface area contributed by atoms with Gasteiger partial charge in [0.1, 0.15) is 5.75 Å². The van der Waals surface area contributed by atoms with Gasteiger partial charge < -0.3 is 15.8 Å². The molecular weight excluding hydrogens is 340 g/mol. The number of hydrogen-bond acceptors (Lipinski definition) is 3. The molecule has 0 heterocycles. The average molecular weight is 352 g/mol. The van der Waals surface area contributed by atoms with Crippen molar-refractivity contribution in [1.29, 1.82) is 0 Å². The van der Waals surface area contributed by atoms with Crippen molar-refractivity contribution < 1.29 is 9.53 Å². The molecule has 3 N–H and O–H groups in total. The van der Waals surface area contributed by atoms with Crippen molar-refractivity contribution in [3.05, 3.63) is 21.1 Å². The fourth-order valence-corrected chi connectivity index (χ4v) is 2.28. The number of methoxy groups -OCH3 is 1. The van der Waals surface area contributed by atoms with Crippen LogP contribution in [0.4, 0.5) is 5.69 Å². The Kier molecular flexibility index (Phi) is 4.76. The van der Waals surface area contributed by atoms with Gasteiger partial charge in [0.15, 0.2) is 0 Å². The molecule has 1 aromatic carbocycles. The summed E-state index contributed by atoms with van der Waals surface area (Å²) in [6.45, 7) is 1.62. The molecule has 0 aliphatic rings. The lowest BCUT2D eigenvalue weighted by atomic mass is 10.2. The van der Waals surface area contributed by atoms with Crippen molar-refractivity contribution in [3.63, 3.8) is 0 Å². The standard InChI is InChI=1S/C10H12Br2N2O2/c1-5(13)10(15)14-8-4-9(16-2)7(12)3-6(8)11/h3-5H,13H2,1-2H3,(H,14,15)/t5-/m1/s1. The highest BCUT2D eigenvalue weighted by atomic mass is 79.9. The van der Waals surface area contributed by atoms with Crippen LogP contribution in [0.2, 0.25) is 0 Å². The molecule has 6 heteroatoms. The van der Waals surface area contributed by atoms with Crippen molar-refractivity contribution in [2.75, 3.05) is 12.4 Å². The molecular formula is C10H12Br2N2O2. The molecule has 1 aromatic rings. The van der Waals surface area contributed by atoms with Crippen LogP contribution in [0.5, 0.6) is 5.75 Å². The monoisotopic (exact) mass is 350 g/mol. The van der Waals surface area contributed by atoms with Crippen LogP contribution in [0.3, 0.4) is 0 Å². The van der Waals surface area contributed by atoms with Gasteiger partial charge in [-0.15, -0.1) is 0 Å². The molecule has 0 aliphatic heterocycles. The molecule has 1 rings (SSSR count). The minimum Gasteiger partial charge on any atom is -0.495 e. The summed E-state index contributed by atoms with van der Waals surface area (Å²) in [5.74, 6) is 0.397. The second kappa shape index (κ2) is 5.65. The second-order valence-corrected chi connectivity index (χ2v) is 4.95. The molecule has 0 spiro atoms. The number of benzene rings is 1. The largest absolute Gasteiger partial charge is 0.495 e. The minimum atomic E-state index is -0.554. The van der Waals surface area contributed by atoms with Gasteiger partial charge in [-0.25, -0.2) is 0 Å². The third kappa shape index (κ3) is 3.20. The van der Waals surface area contributed by atoms with Crippen molar-refractivity contribution in [2.45, 2.75) is 13.0 Å². The molecule has 16 heavy (non-hydrogen) atoms. The lowest BCUT2D eigenvalue weighted by molar-refractivity contribution is -0.117. The van der Waals surface area contributed by atoms with E-state index in [1.165, 1.54) is 0 Å². The number of ether oxygens (including phenoxy) is 1. The number of rotatable bonds is 3. The van der Waals surface area contributed by atoms with Gasteiger partial charge in [-0.2, -0.15) is 0 Å². The lowest BCUT2D eigenvalue weighted by Crippen LogP contribution is -2.32. The first-order valence-electron chi connectivity index (χ1n) is 4.55. The fourth-order valence-electron chi connectivity index (χ4n) is 1.03. The van der Waals surface area contributed by atoms with E-state index in [9.17, 15) is 4.79 Å². The van der Waals surface area contributed by atoms with Gasteiger partial charge in [-0.05, 0) is 44.8 Å². The van der Waals surface area contributed by atoms with Gasteiger partial charge in [-0.3, -0.25) is 4.79 Å². The van der Waals surface area contributed by atoms with E-state index in [1.54, 1.807) is 26.2 Å². The molecule has 0 bridgehead atoms. The maximum absolute atomic E-state index is 11.4. The first-order valence-corrected chi connectivity index (χ1v) is 6.13. The van der Waals surface area contributed by atoms with Gasteiger partial charge in [-0.1, -0.05) is 0 Å². The first-order chi connectivity index (χ1) is 7.45. The van der Waals surface area contributed by atoms with Crippen LogP contribution in [0.1, 0.15) is 6.92 Å². The predicted octanol–water partition coefficient (Wildman–Crippen LogP) is 2.51. The van der Waals surface area contributed by atoms with E-state index in [4.69, 9.17) is 10.5 Å². The van der Waals surface area contributed by atoms with Crippen molar-refractivity contribution in [3.8, 4) is 5.75 Å². The number of halogens is 2. The molecule has 0 aliphatic carbocycles. The third-order valence-electron chi connectivity index (χ3n) is 1.91. The summed E-state index contributed by atoms with van der Waals surface area (Å²) in [5.41, 5.74) is 6.09.